The summed E-state index contributed by atoms with van der Waals surface area (Å²) in [5.41, 5.74) is 1.05. The van der Waals surface area contributed by atoms with Gasteiger partial charge in [-0.05, 0) is 5.92 Å². The molecule has 0 amide bonds. The lowest BCUT2D eigenvalue weighted by Gasteiger charge is -2.09. The van der Waals surface area contributed by atoms with Crippen LogP contribution in [-0.2, 0) is 16.1 Å². The first-order valence-electron chi connectivity index (χ1n) is 6.89. The van der Waals surface area contributed by atoms with Gasteiger partial charge in [0.1, 0.15) is 5.82 Å². The van der Waals surface area contributed by atoms with E-state index in [1.54, 1.807) is 6.20 Å². The predicted octanol–water partition coefficient (Wildman–Crippen LogP) is 3.14. The highest BCUT2D eigenvalue weighted by atomic mass is 16.5. The van der Waals surface area contributed by atoms with Crippen molar-refractivity contribution in [1.29, 1.82) is 0 Å². The summed E-state index contributed by atoms with van der Waals surface area (Å²) < 4.78 is 7.15. The monoisotopic (exact) mass is 272 g/mol. The molecule has 4 heteroatoms. The zero-order valence-corrected chi connectivity index (χ0v) is 12.0. The molecule has 0 unspecified atom stereocenters. The third-order valence-corrected chi connectivity index (χ3v) is 2.88. The molecule has 106 valence electrons. The van der Waals surface area contributed by atoms with Crippen LogP contribution < -0.4 is 0 Å². The minimum absolute atomic E-state index is 0.161. The molecule has 0 aliphatic rings. The van der Waals surface area contributed by atoms with Crippen molar-refractivity contribution < 1.29 is 9.53 Å². The number of hydrogen-bond acceptors (Lipinski definition) is 3. The Morgan fingerprint density at radius 2 is 2.05 bits per heavy atom. The summed E-state index contributed by atoms with van der Waals surface area (Å²) >= 11 is 0. The first kappa shape index (κ1) is 14.3. The van der Waals surface area contributed by atoms with Gasteiger partial charge in [0, 0.05) is 24.5 Å². The third kappa shape index (κ3) is 3.95. The lowest BCUT2D eigenvalue weighted by atomic mass is 10.2. The van der Waals surface area contributed by atoms with Gasteiger partial charge in [0.25, 0.3) is 0 Å². The van der Waals surface area contributed by atoms with E-state index >= 15 is 0 Å². The maximum absolute atomic E-state index is 11.6. The highest BCUT2D eigenvalue weighted by Crippen LogP contribution is 2.17. The van der Waals surface area contributed by atoms with Crippen LogP contribution in [0.25, 0.3) is 11.4 Å². The van der Waals surface area contributed by atoms with Crippen molar-refractivity contribution >= 4 is 5.97 Å². The van der Waals surface area contributed by atoms with E-state index < -0.39 is 0 Å². The van der Waals surface area contributed by atoms with E-state index in [0.29, 0.717) is 25.5 Å². The second-order valence-corrected chi connectivity index (χ2v) is 5.14. The van der Waals surface area contributed by atoms with Gasteiger partial charge in [0.15, 0.2) is 0 Å². The van der Waals surface area contributed by atoms with Crippen LogP contribution in [0.2, 0.25) is 0 Å². The molecule has 0 aliphatic heterocycles. The highest BCUT2D eigenvalue weighted by molar-refractivity contribution is 5.69. The smallest absolute Gasteiger partial charge is 0.307 e. The molecule has 0 saturated carbocycles. The van der Waals surface area contributed by atoms with Gasteiger partial charge < -0.3 is 9.30 Å². The average molecular weight is 272 g/mol. The lowest BCUT2D eigenvalue weighted by Crippen LogP contribution is -2.12. The van der Waals surface area contributed by atoms with Crippen molar-refractivity contribution in [3.05, 3.63) is 42.7 Å². The number of esters is 1. The number of carbonyl (C=O) groups excluding carboxylic acids is 1. The van der Waals surface area contributed by atoms with Crippen LogP contribution in [0.15, 0.2) is 42.7 Å². The summed E-state index contributed by atoms with van der Waals surface area (Å²) in [5, 5.41) is 0. The van der Waals surface area contributed by atoms with Gasteiger partial charge in [-0.1, -0.05) is 44.2 Å². The summed E-state index contributed by atoms with van der Waals surface area (Å²) in [7, 11) is 0. The fraction of sp³-hybridized carbons (Fsp3) is 0.375. The summed E-state index contributed by atoms with van der Waals surface area (Å²) in [4.78, 5) is 16.0. The summed E-state index contributed by atoms with van der Waals surface area (Å²) in [5.74, 6) is 1.08. The Morgan fingerprint density at radius 1 is 1.30 bits per heavy atom. The number of aromatic nitrogens is 2. The molecular weight excluding hydrogens is 252 g/mol. The molecule has 1 aromatic heterocycles. The van der Waals surface area contributed by atoms with Gasteiger partial charge in [-0.25, -0.2) is 4.98 Å². The molecule has 0 N–H and O–H groups in total. The summed E-state index contributed by atoms with van der Waals surface area (Å²) in [6, 6.07) is 9.95. The van der Waals surface area contributed by atoms with Crippen LogP contribution >= 0.6 is 0 Å². The van der Waals surface area contributed by atoms with Crippen LogP contribution in [0.3, 0.4) is 0 Å². The largest absolute Gasteiger partial charge is 0.465 e. The van der Waals surface area contributed by atoms with E-state index in [-0.39, 0.29) is 5.97 Å². The SMILES string of the molecule is CC(C)COC(=O)CCn1ccnc1-c1ccccc1. The van der Waals surface area contributed by atoms with Crippen LogP contribution in [0, 0.1) is 5.92 Å². The molecule has 2 rings (SSSR count). The van der Waals surface area contributed by atoms with Gasteiger partial charge in [0.05, 0.1) is 13.0 Å². The number of nitrogens with zero attached hydrogens (tertiary/aromatic N) is 2. The molecule has 0 radical (unpaired) electrons. The molecule has 0 spiro atoms. The minimum Gasteiger partial charge on any atom is -0.465 e. The Kier molecular flexibility index (Phi) is 4.93. The summed E-state index contributed by atoms with van der Waals surface area (Å²) in [6.07, 6.45) is 4.00. The second-order valence-electron chi connectivity index (χ2n) is 5.14. The van der Waals surface area contributed by atoms with Gasteiger partial charge in [-0.3, -0.25) is 4.79 Å². The second kappa shape index (κ2) is 6.89. The molecule has 0 atom stereocenters. The van der Waals surface area contributed by atoms with Crippen molar-refractivity contribution in [2.45, 2.75) is 26.8 Å². The normalized spacial score (nSPS) is 10.8. The van der Waals surface area contributed by atoms with Crippen LogP contribution in [0.5, 0.6) is 0 Å². The van der Waals surface area contributed by atoms with E-state index in [4.69, 9.17) is 4.74 Å². The minimum atomic E-state index is -0.161. The van der Waals surface area contributed by atoms with Gasteiger partial charge >= 0.3 is 5.97 Å². The molecule has 0 aliphatic carbocycles. The lowest BCUT2D eigenvalue weighted by molar-refractivity contribution is -0.144. The van der Waals surface area contributed by atoms with Crippen molar-refractivity contribution in [2.75, 3.05) is 6.61 Å². The van der Waals surface area contributed by atoms with Gasteiger partial charge in [-0.2, -0.15) is 0 Å². The summed E-state index contributed by atoms with van der Waals surface area (Å²) in [6.45, 7) is 5.11. The average Bonchev–Trinajstić information content (AvgIpc) is 2.92. The van der Waals surface area contributed by atoms with E-state index in [1.165, 1.54) is 0 Å². The van der Waals surface area contributed by atoms with Crippen LogP contribution in [0.4, 0.5) is 0 Å². The molecule has 4 nitrogen and oxygen atoms in total. The van der Waals surface area contributed by atoms with Crippen molar-refractivity contribution in [3.8, 4) is 11.4 Å². The number of benzene rings is 1. The topological polar surface area (TPSA) is 44.1 Å². The quantitative estimate of drug-likeness (QED) is 0.759. The third-order valence-electron chi connectivity index (χ3n) is 2.88. The first-order valence-corrected chi connectivity index (χ1v) is 6.89. The zero-order chi connectivity index (χ0) is 14.4. The maximum atomic E-state index is 11.6. The molecular formula is C16H20N2O2. The molecule has 2 aromatic rings. The van der Waals surface area contributed by atoms with Crippen molar-refractivity contribution in [1.82, 2.24) is 9.55 Å². The fourth-order valence-electron chi connectivity index (χ4n) is 1.88. The number of imidazole rings is 1. The van der Waals surface area contributed by atoms with E-state index in [1.807, 2.05) is 54.9 Å². The Labute approximate surface area is 119 Å². The van der Waals surface area contributed by atoms with Crippen molar-refractivity contribution in [2.24, 2.45) is 5.92 Å². The number of rotatable bonds is 6. The number of hydrogen-bond donors (Lipinski definition) is 0. The molecule has 0 fully saturated rings. The maximum Gasteiger partial charge on any atom is 0.307 e. The van der Waals surface area contributed by atoms with Gasteiger partial charge in [0.2, 0.25) is 0 Å². The standard InChI is InChI=1S/C16H20N2O2/c1-13(2)12-20-15(19)8-10-18-11-9-17-16(18)14-6-4-3-5-7-14/h3-7,9,11,13H,8,10,12H2,1-2H3. The predicted molar refractivity (Wildman–Crippen MR) is 78.1 cm³/mol. The molecule has 20 heavy (non-hydrogen) atoms. The van der Waals surface area contributed by atoms with Gasteiger partial charge in [-0.15, -0.1) is 0 Å². The van der Waals surface area contributed by atoms with E-state index in [9.17, 15) is 4.79 Å². The zero-order valence-electron chi connectivity index (χ0n) is 12.0. The molecule has 1 aromatic carbocycles. The Morgan fingerprint density at radius 3 is 2.75 bits per heavy atom. The molecule has 0 saturated heterocycles. The number of ether oxygens (including phenoxy) is 1. The Balaban J connectivity index is 1.95. The Bertz CT molecular complexity index is 547. The van der Waals surface area contributed by atoms with Crippen LogP contribution in [0.1, 0.15) is 20.3 Å². The van der Waals surface area contributed by atoms with Crippen LogP contribution in [-0.4, -0.2) is 22.1 Å². The van der Waals surface area contributed by atoms with Crippen molar-refractivity contribution in [3.63, 3.8) is 0 Å². The fourth-order valence-corrected chi connectivity index (χ4v) is 1.88. The highest BCUT2D eigenvalue weighted by Gasteiger charge is 2.09. The van der Waals surface area contributed by atoms with E-state index in [2.05, 4.69) is 4.98 Å². The molecule has 1 heterocycles. The number of carbonyl (C=O) groups is 1. The van der Waals surface area contributed by atoms with E-state index in [0.717, 1.165) is 11.4 Å². The number of aryl methyl sites for hydroxylation is 1. The first-order chi connectivity index (χ1) is 9.66. The molecule has 0 bridgehead atoms. The Hall–Kier alpha value is -2.10.